The van der Waals surface area contributed by atoms with Gasteiger partial charge in [-0.3, -0.25) is 9.69 Å². The summed E-state index contributed by atoms with van der Waals surface area (Å²) in [5, 5.41) is 4.24. The number of rotatable bonds is 7. The van der Waals surface area contributed by atoms with E-state index in [2.05, 4.69) is 53.1 Å². The molecule has 0 unspecified atom stereocenters. The summed E-state index contributed by atoms with van der Waals surface area (Å²) in [5.74, 6) is 0.228. The lowest BCUT2D eigenvalue weighted by Crippen LogP contribution is -2.43. The average molecular weight is 355 g/mol. The molecule has 1 amide bonds. The predicted molar refractivity (Wildman–Crippen MR) is 102 cm³/mol. The fourth-order valence-corrected chi connectivity index (χ4v) is 3.51. The van der Waals surface area contributed by atoms with Crippen molar-refractivity contribution < 1.29 is 4.79 Å². The Bertz CT molecular complexity index is 675. The molecule has 1 fully saturated rings. The first-order chi connectivity index (χ1) is 12.7. The van der Waals surface area contributed by atoms with Crippen LogP contribution >= 0.6 is 0 Å². The summed E-state index contributed by atoms with van der Waals surface area (Å²) in [6.45, 7) is 8.09. The minimum Gasteiger partial charge on any atom is -0.337 e. The van der Waals surface area contributed by atoms with Crippen molar-refractivity contribution in [3.05, 3.63) is 48.0 Å². The Hall–Kier alpha value is -2.21. The number of likely N-dealkylation sites (tertiary alicyclic amines) is 1. The van der Waals surface area contributed by atoms with Gasteiger partial charge >= 0.3 is 0 Å². The zero-order chi connectivity index (χ0) is 18.4. The smallest absolute Gasteiger partial charge is 0.237 e. The summed E-state index contributed by atoms with van der Waals surface area (Å²) in [4.78, 5) is 21.1. The van der Waals surface area contributed by atoms with E-state index in [1.54, 1.807) is 12.7 Å². The molecular formula is C20H29N5O. The SMILES string of the molecule is CCCN(Cc1ccc(C)cc1)C(=O)CN1CCC(n2cncn2)CC1. The fourth-order valence-electron chi connectivity index (χ4n) is 3.51. The van der Waals surface area contributed by atoms with E-state index >= 15 is 0 Å². The molecule has 0 spiro atoms. The first-order valence-corrected chi connectivity index (χ1v) is 9.55. The molecule has 1 aliphatic rings. The van der Waals surface area contributed by atoms with Crippen LogP contribution in [0.4, 0.5) is 0 Å². The van der Waals surface area contributed by atoms with E-state index in [0.717, 1.165) is 38.9 Å². The van der Waals surface area contributed by atoms with Gasteiger partial charge in [-0.2, -0.15) is 5.10 Å². The molecule has 1 saturated heterocycles. The number of hydrogen-bond donors (Lipinski definition) is 0. The number of carbonyl (C=O) groups is 1. The minimum absolute atomic E-state index is 0.228. The van der Waals surface area contributed by atoms with Gasteiger partial charge < -0.3 is 4.90 Å². The molecule has 6 heteroatoms. The number of aryl methyl sites for hydroxylation is 1. The molecule has 2 heterocycles. The summed E-state index contributed by atoms with van der Waals surface area (Å²) >= 11 is 0. The van der Waals surface area contributed by atoms with Crippen molar-refractivity contribution in [3.8, 4) is 0 Å². The maximum absolute atomic E-state index is 12.8. The van der Waals surface area contributed by atoms with Crippen LogP contribution in [-0.2, 0) is 11.3 Å². The van der Waals surface area contributed by atoms with Crippen molar-refractivity contribution in [1.82, 2.24) is 24.6 Å². The largest absolute Gasteiger partial charge is 0.337 e. The molecule has 0 radical (unpaired) electrons. The van der Waals surface area contributed by atoms with Gasteiger partial charge in [0.1, 0.15) is 12.7 Å². The second kappa shape index (κ2) is 8.94. The van der Waals surface area contributed by atoms with Gasteiger partial charge in [-0.05, 0) is 31.7 Å². The number of piperidine rings is 1. The summed E-state index contributed by atoms with van der Waals surface area (Å²) in [7, 11) is 0. The quantitative estimate of drug-likeness (QED) is 0.766. The average Bonchev–Trinajstić information content (AvgIpc) is 3.18. The van der Waals surface area contributed by atoms with Crippen LogP contribution in [0.25, 0.3) is 0 Å². The first kappa shape index (κ1) is 18.6. The number of aromatic nitrogens is 3. The fraction of sp³-hybridized carbons (Fsp3) is 0.550. The van der Waals surface area contributed by atoms with E-state index < -0.39 is 0 Å². The van der Waals surface area contributed by atoms with Crippen molar-refractivity contribution >= 4 is 5.91 Å². The molecule has 0 bridgehead atoms. The third-order valence-electron chi connectivity index (χ3n) is 5.07. The maximum atomic E-state index is 12.8. The standard InChI is InChI=1S/C20H29N5O/c1-3-10-24(13-18-6-4-17(2)5-7-18)20(26)14-23-11-8-19(9-12-23)25-16-21-15-22-25/h4-7,15-16,19H,3,8-14H2,1-2H3. The van der Waals surface area contributed by atoms with Gasteiger partial charge in [0.2, 0.25) is 5.91 Å². The highest BCUT2D eigenvalue weighted by Gasteiger charge is 2.24. The molecular weight excluding hydrogens is 326 g/mol. The van der Waals surface area contributed by atoms with E-state index in [0.29, 0.717) is 19.1 Å². The van der Waals surface area contributed by atoms with E-state index in [1.807, 2.05) is 9.58 Å². The van der Waals surface area contributed by atoms with Crippen LogP contribution < -0.4 is 0 Å². The Morgan fingerprint density at radius 1 is 1.23 bits per heavy atom. The molecule has 26 heavy (non-hydrogen) atoms. The van der Waals surface area contributed by atoms with Gasteiger partial charge in [-0.15, -0.1) is 0 Å². The van der Waals surface area contributed by atoms with Gasteiger partial charge in [-0.1, -0.05) is 36.8 Å². The molecule has 0 atom stereocenters. The highest BCUT2D eigenvalue weighted by Crippen LogP contribution is 2.21. The van der Waals surface area contributed by atoms with Gasteiger partial charge in [0.15, 0.2) is 0 Å². The van der Waals surface area contributed by atoms with E-state index in [4.69, 9.17) is 0 Å². The molecule has 0 saturated carbocycles. The lowest BCUT2D eigenvalue weighted by molar-refractivity contribution is -0.133. The molecule has 0 N–H and O–H groups in total. The highest BCUT2D eigenvalue weighted by molar-refractivity contribution is 5.78. The van der Waals surface area contributed by atoms with Crippen molar-refractivity contribution in [3.63, 3.8) is 0 Å². The molecule has 1 aliphatic heterocycles. The van der Waals surface area contributed by atoms with Crippen LogP contribution in [0.15, 0.2) is 36.9 Å². The van der Waals surface area contributed by atoms with Crippen LogP contribution in [0.1, 0.15) is 43.4 Å². The Balaban J connectivity index is 1.52. The monoisotopic (exact) mass is 355 g/mol. The van der Waals surface area contributed by atoms with Crippen LogP contribution in [0.5, 0.6) is 0 Å². The summed E-state index contributed by atoms with van der Waals surface area (Å²) < 4.78 is 1.94. The molecule has 6 nitrogen and oxygen atoms in total. The van der Waals surface area contributed by atoms with Gasteiger partial charge in [0.05, 0.1) is 12.6 Å². The normalized spacial score (nSPS) is 15.9. The zero-order valence-corrected chi connectivity index (χ0v) is 15.8. The molecule has 1 aromatic carbocycles. The van der Waals surface area contributed by atoms with Crippen molar-refractivity contribution in [2.75, 3.05) is 26.2 Å². The molecule has 0 aliphatic carbocycles. The van der Waals surface area contributed by atoms with E-state index in [-0.39, 0.29) is 5.91 Å². The van der Waals surface area contributed by atoms with Crippen LogP contribution in [0, 0.1) is 6.92 Å². The predicted octanol–water partition coefficient (Wildman–Crippen LogP) is 2.66. The number of nitrogens with zero attached hydrogens (tertiary/aromatic N) is 5. The van der Waals surface area contributed by atoms with Crippen LogP contribution in [0.2, 0.25) is 0 Å². The van der Waals surface area contributed by atoms with Gasteiger partial charge in [0, 0.05) is 26.2 Å². The van der Waals surface area contributed by atoms with Gasteiger partial charge in [0.25, 0.3) is 0 Å². The van der Waals surface area contributed by atoms with E-state index in [1.165, 1.54) is 11.1 Å². The number of hydrogen-bond acceptors (Lipinski definition) is 4. The Kier molecular flexibility index (Phi) is 6.39. The van der Waals surface area contributed by atoms with Crippen molar-refractivity contribution in [1.29, 1.82) is 0 Å². The topological polar surface area (TPSA) is 54.3 Å². The van der Waals surface area contributed by atoms with Crippen LogP contribution in [0.3, 0.4) is 0 Å². The molecule has 1 aromatic heterocycles. The van der Waals surface area contributed by atoms with Crippen molar-refractivity contribution in [2.45, 2.75) is 45.7 Å². The Labute approximate surface area is 155 Å². The van der Waals surface area contributed by atoms with Crippen LogP contribution in [-0.4, -0.2) is 56.7 Å². The summed E-state index contributed by atoms with van der Waals surface area (Å²) in [6, 6.07) is 8.87. The molecule has 2 aromatic rings. The third kappa shape index (κ3) is 4.91. The lowest BCUT2D eigenvalue weighted by Gasteiger charge is -2.33. The minimum atomic E-state index is 0.228. The molecule has 140 valence electrons. The molecule has 3 rings (SSSR count). The summed E-state index contributed by atoms with van der Waals surface area (Å²) in [6.07, 6.45) is 6.39. The highest BCUT2D eigenvalue weighted by atomic mass is 16.2. The Morgan fingerprint density at radius 3 is 2.58 bits per heavy atom. The third-order valence-corrected chi connectivity index (χ3v) is 5.07. The second-order valence-electron chi connectivity index (χ2n) is 7.18. The van der Waals surface area contributed by atoms with E-state index in [9.17, 15) is 4.79 Å². The number of carbonyl (C=O) groups excluding carboxylic acids is 1. The number of amides is 1. The zero-order valence-electron chi connectivity index (χ0n) is 15.8. The maximum Gasteiger partial charge on any atom is 0.237 e. The van der Waals surface area contributed by atoms with Gasteiger partial charge in [-0.25, -0.2) is 9.67 Å². The van der Waals surface area contributed by atoms with Crippen molar-refractivity contribution in [2.24, 2.45) is 0 Å². The first-order valence-electron chi connectivity index (χ1n) is 9.55. The summed E-state index contributed by atoms with van der Waals surface area (Å²) in [5.41, 5.74) is 2.44. The number of benzene rings is 1. The second-order valence-corrected chi connectivity index (χ2v) is 7.18. The Morgan fingerprint density at radius 2 is 1.96 bits per heavy atom. The lowest BCUT2D eigenvalue weighted by atomic mass is 10.1.